The molecule has 2 aromatic rings. The van der Waals surface area contributed by atoms with Crippen molar-refractivity contribution in [2.45, 2.75) is 58.8 Å². The highest BCUT2D eigenvalue weighted by Crippen LogP contribution is 2.29. The zero-order valence-corrected chi connectivity index (χ0v) is 15.6. The van der Waals surface area contributed by atoms with Crippen LogP contribution >= 0.6 is 11.3 Å². The van der Waals surface area contributed by atoms with Gasteiger partial charge < -0.3 is 5.11 Å². The lowest BCUT2D eigenvalue weighted by atomic mass is 9.84. The van der Waals surface area contributed by atoms with Crippen molar-refractivity contribution in [2.24, 2.45) is 5.41 Å². The van der Waals surface area contributed by atoms with Crippen molar-refractivity contribution in [2.75, 3.05) is 0 Å². The third-order valence-corrected chi connectivity index (χ3v) is 5.58. The molecule has 0 spiro atoms. The number of benzene rings is 1. The summed E-state index contributed by atoms with van der Waals surface area (Å²) in [5, 5.41) is 8.96. The molecule has 0 radical (unpaired) electrons. The van der Waals surface area contributed by atoms with Crippen LogP contribution in [-0.4, -0.2) is 11.1 Å². The summed E-state index contributed by atoms with van der Waals surface area (Å²) in [6.07, 6.45) is 6.90. The van der Waals surface area contributed by atoms with Crippen LogP contribution < -0.4 is 0 Å². The van der Waals surface area contributed by atoms with Crippen LogP contribution in [0.3, 0.4) is 0 Å². The van der Waals surface area contributed by atoms with Crippen LogP contribution in [0.1, 0.15) is 54.8 Å². The SMILES string of the molecule is CC(C)(CCc1ccc(CCCCc2ccccc2)s1)CC(=O)O. The zero-order valence-electron chi connectivity index (χ0n) is 14.8. The second-order valence-corrected chi connectivity index (χ2v) is 8.55. The maximum atomic E-state index is 10.9. The largest absolute Gasteiger partial charge is 0.481 e. The lowest BCUT2D eigenvalue weighted by molar-refractivity contribution is -0.139. The van der Waals surface area contributed by atoms with Crippen LogP contribution in [0, 0.1) is 5.41 Å². The molecule has 0 unspecified atom stereocenters. The smallest absolute Gasteiger partial charge is 0.303 e. The number of aliphatic carboxylic acids is 1. The van der Waals surface area contributed by atoms with Crippen LogP contribution in [0.2, 0.25) is 0 Å². The van der Waals surface area contributed by atoms with Crippen molar-refractivity contribution in [1.29, 1.82) is 0 Å². The quantitative estimate of drug-likeness (QED) is 0.557. The van der Waals surface area contributed by atoms with E-state index in [9.17, 15) is 4.79 Å². The highest BCUT2D eigenvalue weighted by Gasteiger charge is 2.21. The van der Waals surface area contributed by atoms with E-state index in [1.54, 1.807) is 0 Å². The summed E-state index contributed by atoms with van der Waals surface area (Å²) in [5.41, 5.74) is 1.29. The van der Waals surface area contributed by atoms with Gasteiger partial charge in [0.25, 0.3) is 0 Å². The van der Waals surface area contributed by atoms with Crippen molar-refractivity contribution in [3.8, 4) is 0 Å². The topological polar surface area (TPSA) is 37.3 Å². The van der Waals surface area contributed by atoms with Gasteiger partial charge in [-0.2, -0.15) is 0 Å². The van der Waals surface area contributed by atoms with Gasteiger partial charge in [0.05, 0.1) is 6.42 Å². The number of carbonyl (C=O) groups is 1. The summed E-state index contributed by atoms with van der Waals surface area (Å²) < 4.78 is 0. The molecule has 0 fully saturated rings. The van der Waals surface area contributed by atoms with E-state index >= 15 is 0 Å². The number of rotatable bonds is 10. The van der Waals surface area contributed by atoms with Gasteiger partial charge >= 0.3 is 5.97 Å². The molecule has 0 amide bonds. The molecule has 1 N–H and O–H groups in total. The molecule has 0 aliphatic heterocycles. The molecule has 1 aromatic heterocycles. The van der Waals surface area contributed by atoms with E-state index in [1.165, 1.54) is 28.2 Å². The standard InChI is InChI=1S/C21H28O2S/c1-21(2,16-20(22)23)15-14-19-13-12-18(24-19)11-7-6-10-17-8-4-3-5-9-17/h3-5,8-9,12-13H,6-7,10-11,14-16H2,1-2H3,(H,22,23). The van der Waals surface area contributed by atoms with E-state index in [2.05, 4.69) is 42.5 Å². The Morgan fingerprint density at radius 3 is 2.25 bits per heavy atom. The van der Waals surface area contributed by atoms with Crippen molar-refractivity contribution in [1.82, 2.24) is 0 Å². The first-order valence-corrected chi connectivity index (χ1v) is 9.60. The van der Waals surface area contributed by atoms with Crippen molar-refractivity contribution in [3.63, 3.8) is 0 Å². The Kier molecular flexibility index (Phi) is 7.04. The Hall–Kier alpha value is -1.61. The predicted molar refractivity (Wildman–Crippen MR) is 102 cm³/mol. The van der Waals surface area contributed by atoms with E-state index < -0.39 is 5.97 Å². The molecule has 0 saturated carbocycles. The van der Waals surface area contributed by atoms with Gasteiger partial charge in [-0.25, -0.2) is 0 Å². The number of carboxylic acid groups (broad SMARTS) is 1. The maximum absolute atomic E-state index is 10.9. The minimum absolute atomic E-state index is 0.133. The fraction of sp³-hybridized carbons (Fsp3) is 0.476. The lowest BCUT2D eigenvalue weighted by Crippen LogP contribution is -2.17. The van der Waals surface area contributed by atoms with Gasteiger partial charge in [0.2, 0.25) is 0 Å². The summed E-state index contributed by atoms with van der Waals surface area (Å²) in [6, 6.07) is 15.1. The van der Waals surface area contributed by atoms with Crippen LogP contribution in [0.4, 0.5) is 0 Å². The Labute approximate surface area is 149 Å². The summed E-state index contributed by atoms with van der Waals surface area (Å²) in [7, 11) is 0. The normalized spacial score (nSPS) is 11.6. The highest BCUT2D eigenvalue weighted by atomic mass is 32.1. The molecule has 24 heavy (non-hydrogen) atoms. The second kappa shape index (κ2) is 9.03. The third kappa shape index (κ3) is 6.88. The van der Waals surface area contributed by atoms with Crippen LogP contribution in [0.25, 0.3) is 0 Å². The number of hydrogen-bond donors (Lipinski definition) is 1. The minimum atomic E-state index is -0.703. The predicted octanol–water partition coefficient (Wildman–Crippen LogP) is 5.75. The Morgan fingerprint density at radius 1 is 0.958 bits per heavy atom. The molecule has 2 rings (SSSR count). The molecule has 130 valence electrons. The van der Waals surface area contributed by atoms with E-state index in [4.69, 9.17) is 5.11 Å². The molecule has 0 saturated heterocycles. The first-order chi connectivity index (χ1) is 11.4. The summed E-state index contributed by atoms with van der Waals surface area (Å²) >= 11 is 1.89. The molecular weight excluding hydrogens is 316 g/mol. The van der Waals surface area contributed by atoms with Gasteiger partial charge in [0.1, 0.15) is 0 Å². The van der Waals surface area contributed by atoms with Crippen molar-refractivity contribution < 1.29 is 9.90 Å². The molecular formula is C21H28O2S. The average Bonchev–Trinajstić information content (AvgIpc) is 2.98. The fourth-order valence-corrected chi connectivity index (χ4v) is 3.98. The molecule has 2 nitrogen and oxygen atoms in total. The van der Waals surface area contributed by atoms with Gasteiger partial charge in [0.15, 0.2) is 0 Å². The number of hydrogen-bond acceptors (Lipinski definition) is 2. The first-order valence-electron chi connectivity index (χ1n) is 8.78. The first kappa shape index (κ1) is 18.7. The average molecular weight is 345 g/mol. The molecule has 0 atom stereocenters. The number of aryl methyl sites for hydroxylation is 3. The van der Waals surface area contributed by atoms with Gasteiger partial charge in [-0.15, -0.1) is 11.3 Å². The van der Waals surface area contributed by atoms with E-state index in [0.717, 1.165) is 25.7 Å². The van der Waals surface area contributed by atoms with E-state index in [-0.39, 0.29) is 11.8 Å². The van der Waals surface area contributed by atoms with Crippen molar-refractivity contribution in [3.05, 3.63) is 57.8 Å². The summed E-state index contributed by atoms with van der Waals surface area (Å²) in [6.45, 7) is 4.08. The van der Waals surface area contributed by atoms with Crippen LogP contribution in [0.15, 0.2) is 42.5 Å². The highest BCUT2D eigenvalue weighted by molar-refractivity contribution is 7.11. The molecule has 0 aliphatic rings. The minimum Gasteiger partial charge on any atom is -0.481 e. The molecule has 0 bridgehead atoms. The van der Waals surface area contributed by atoms with Gasteiger partial charge in [0, 0.05) is 9.75 Å². The van der Waals surface area contributed by atoms with Crippen molar-refractivity contribution >= 4 is 17.3 Å². The fourth-order valence-electron chi connectivity index (χ4n) is 2.92. The maximum Gasteiger partial charge on any atom is 0.303 e. The lowest BCUT2D eigenvalue weighted by Gasteiger charge is -2.21. The zero-order chi connectivity index (χ0) is 17.4. The van der Waals surface area contributed by atoms with Crippen LogP contribution in [-0.2, 0) is 24.1 Å². The number of carboxylic acids is 1. The van der Waals surface area contributed by atoms with Crippen LogP contribution in [0.5, 0.6) is 0 Å². The second-order valence-electron chi connectivity index (χ2n) is 7.30. The molecule has 1 heterocycles. The van der Waals surface area contributed by atoms with E-state index in [0.29, 0.717) is 0 Å². The Bertz CT molecular complexity index is 628. The third-order valence-electron chi connectivity index (χ3n) is 4.38. The number of unbranched alkanes of at least 4 members (excludes halogenated alkanes) is 1. The summed E-state index contributed by atoms with van der Waals surface area (Å²) in [5.74, 6) is -0.703. The molecule has 1 aromatic carbocycles. The monoisotopic (exact) mass is 344 g/mol. The summed E-state index contributed by atoms with van der Waals surface area (Å²) in [4.78, 5) is 13.7. The molecule has 3 heteroatoms. The number of thiophene rings is 1. The van der Waals surface area contributed by atoms with Gasteiger partial charge in [-0.1, -0.05) is 44.2 Å². The van der Waals surface area contributed by atoms with E-state index in [1.807, 2.05) is 25.2 Å². The molecule has 0 aliphatic carbocycles. The van der Waals surface area contributed by atoms with Gasteiger partial charge in [-0.05, 0) is 61.6 Å². The Balaban J connectivity index is 1.70. The van der Waals surface area contributed by atoms with Gasteiger partial charge in [-0.3, -0.25) is 4.79 Å². The Morgan fingerprint density at radius 2 is 1.58 bits per heavy atom.